The molecule has 0 bridgehead atoms. The number of amides is 1. The van der Waals surface area contributed by atoms with Gasteiger partial charge in [0, 0.05) is 18.2 Å². The molecule has 1 rings (SSSR count). The Bertz CT molecular complexity index is 406. The van der Waals surface area contributed by atoms with Gasteiger partial charge in [-0.15, -0.1) is 12.4 Å². The Kier molecular flexibility index (Phi) is 6.72. The summed E-state index contributed by atoms with van der Waals surface area (Å²) in [5.41, 5.74) is -0.246. The number of likely N-dealkylation sites (N-methyl/N-ethyl adjacent to an activating group) is 1. The second kappa shape index (κ2) is 7.23. The lowest BCUT2D eigenvalue weighted by atomic mass is 10.2. The Morgan fingerprint density at radius 3 is 2.22 bits per heavy atom. The van der Waals surface area contributed by atoms with Crippen molar-refractivity contribution >= 4 is 18.3 Å². The maximum absolute atomic E-state index is 12.9. The van der Waals surface area contributed by atoms with Gasteiger partial charge < -0.3 is 10.6 Å². The van der Waals surface area contributed by atoms with E-state index in [9.17, 15) is 18.0 Å². The van der Waals surface area contributed by atoms with Crippen LogP contribution in [0.4, 0.5) is 13.2 Å². The zero-order valence-electron chi connectivity index (χ0n) is 9.89. The summed E-state index contributed by atoms with van der Waals surface area (Å²) in [4.78, 5) is 11.5. The third kappa shape index (κ3) is 4.19. The monoisotopic (exact) mass is 282 g/mol. The number of hydrogen-bond acceptors (Lipinski definition) is 2. The molecular weight excluding hydrogens is 269 g/mol. The summed E-state index contributed by atoms with van der Waals surface area (Å²) in [6.45, 7) is 2.13. The van der Waals surface area contributed by atoms with Gasteiger partial charge in [0.25, 0.3) is 5.91 Å². The minimum absolute atomic E-state index is 0. The summed E-state index contributed by atoms with van der Waals surface area (Å²) >= 11 is 0. The summed E-state index contributed by atoms with van der Waals surface area (Å²) in [7, 11) is 1.72. The molecule has 1 unspecified atom stereocenters. The van der Waals surface area contributed by atoms with Crippen molar-refractivity contribution in [3.63, 3.8) is 0 Å². The highest BCUT2D eigenvalue weighted by Gasteiger charge is 2.15. The van der Waals surface area contributed by atoms with Gasteiger partial charge in [0.2, 0.25) is 0 Å². The van der Waals surface area contributed by atoms with Crippen molar-refractivity contribution in [2.75, 3.05) is 13.6 Å². The fraction of sp³-hybridized carbons (Fsp3) is 0.364. The lowest BCUT2D eigenvalue weighted by Crippen LogP contribution is -2.37. The lowest BCUT2D eigenvalue weighted by molar-refractivity contribution is 0.0949. The first-order valence-corrected chi connectivity index (χ1v) is 5.05. The van der Waals surface area contributed by atoms with E-state index in [4.69, 9.17) is 0 Å². The molecule has 2 N–H and O–H groups in total. The van der Waals surface area contributed by atoms with E-state index in [1.165, 1.54) is 0 Å². The highest BCUT2D eigenvalue weighted by molar-refractivity contribution is 5.94. The summed E-state index contributed by atoms with van der Waals surface area (Å²) < 4.78 is 38.4. The normalized spacial score (nSPS) is 11.6. The van der Waals surface area contributed by atoms with Gasteiger partial charge in [0.15, 0.2) is 17.5 Å². The molecule has 0 aromatic heterocycles. The van der Waals surface area contributed by atoms with E-state index in [2.05, 4.69) is 10.6 Å². The molecule has 0 heterocycles. The van der Waals surface area contributed by atoms with E-state index in [-0.39, 0.29) is 24.0 Å². The fourth-order valence-electron chi connectivity index (χ4n) is 1.14. The van der Waals surface area contributed by atoms with Gasteiger partial charge in [-0.25, -0.2) is 13.2 Å². The Labute approximate surface area is 109 Å². The topological polar surface area (TPSA) is 41.1 Å². The SMILES string of the molecule is CNC(C)CNC(=O)c1cc(F)c(F)c(F)c1.Cl. The van der Waals surface area contributed by atoms with Gasteiger partial charge in [-0.1, -0.05) is 0 Å². The number of carbonyl (C=O) groups excluding carboxylic acids is 1. The first-order valence-electron chi connectivity index (χ1n) is 5.05. The molecule has 102 valence electrons. The summed E-state index contributed by atoms with van der Waals surface area (Å²) in [5.74, 6) is -4.98. The van der Waals surface area contributed by atoms with Crippen LogP contribution in [0.3, 0.4) is 0 Å². The van der Waals surface area contributed by atoms with Crippen LogP contribution in [0.2, 0.25) is 0 Å². The van der Waals surface area contributed by atoms with Crippen LogP contribution in [-0.4, -0.2) is 25.5 Å². The molecule has 0 aliphatic carbocycles. The average molecular weight is 283 g/mol. The third-order valence-electron chi connectivity index (χ3n) is 2.31. The van der Waals surface area contributed by atoms with Crippen molar-refractivity contribution in [2.45, 2.75) is 13.0 Å². The maximum Gasteiger partial charge on any atom is 0.251 e. The maximum atomic E-state index is 12.9. The zero-order chi connectivity index (χ0) is 13.0. The Hall–Kier alpha value is -1.27. The van der Waals surface area contributed by atoms with Crippen molar-refractivity contribution in [3.05, 3.63) is 35.1 Å². The van der Waals surface area contributed by atoms with Gasteiger partial charge >= 0.3 is 0 Å². The molecule has 0 radical (unpaired) electrons. The van der Waals surface area contributed by atoms with Gasteiger partial charge in [-0.05, 0) is 26.1 Å². The Balaban J connectivity index is 0.00000289. The number of carbonyl (C=O) groups is 1. The van der Waals surface area contributed by atoms with Gasteiger partial charge in [0.1, 0.15) is 0 Å². The molecule has 1 atom stereocenters. The predicted molar refractivity (Wildman–Crippen MR) is 64.4 cm³/mol. The van der Waals surface area contributed by atoms with E-state index in [1.807, 2.05) is 6.92 Å². The molecule has 0 saturated heterocycles. The van der Waals surface area contributed by atoms with E-state index in [1.54, 1.807) is 7.05 Å². The second-order valence-electron chi connectivity index (χ2n) is 3.65. The van der Waals surface area contributed by atoms with Crippen LogP contribution in [0.1, 0.15) is 17.3 Å². The highest BCUT2D eigenvalue weighted by atomic mass is 35.5. The number of nitrogens with one attached hydrogen (secondary N) is 2. The average Bonchev–Trinajstić information content (AvgIpc) is 2.31. The van der Waals surface area contributed by atoms with Gasteiger partial charge in [0.05, 0.1) is 0 Å². The van der Waals surface area contributed by atoms with Crippen molar-refractivity contribution in [1.82, 2.24) is 10.6 Å². The Morgan fingerprint density at radius 1 is 1.28 bits per heavy atom. The van der Waals surface area contributed by atoms with Crippen LogP contribution in [0.25, 0.3) is 0 Å². The minimum Gasteiger partial charge on any atom is -0.350 e. The lowest BCUT2D eigenvalue weighted by Gasteiger charge is -2.11. The van der Waals surface area contributed by atoms with Crippen LogP contribution in [0.15, 0.2) is 12.1 Å². The summed E-state index contributed by atoms with van der Waals surface area (Å²) in [5, 5.41) is 5.35. The Morgan fingerprint density at radius 2 is 1.78 bits per heavy atom. The standard InChI is InChI=1S/C11H13F3N2O.ClH/c1-6(15-2)5-16-11(17)7-3-8(12)10(14)9(13)4-7;/h3-4,6,15H,5H2,1-2H3,(H,16,17);1H. The molecule has 0 aliphatic rings. The van der Waals surface area contributed by atoms with Crippen LogP contribution >= 0.6 is 12.4 Å². The van der Waals surface area contributed by atoms with E-state index >= 15 is 0 Å². The van der Waals surface area contributed by atoms with Gasteiger partial charge in [-0.2, -0.15) is 0 Å². The third-order valence-corrected chi connectivity index (χ3v) is 2.31. The molecule has 1 aromatic rings. The largest absolute Gasteiger partial charge is 0.350 e. The first kappa shape index (κ1) is 16.7. The molecule has 7 heteroatoms. The summed E-state index contributed by atoms with van der Waals surface area (Å²) in [6.07, 6.45) is 0. The second-order valence-corrected chi connectivity index (χ2v) is 3.65. The molecule has 0 fully saturated rings. The van der Waals surface area contributed by atoms with E-state index in [0.717, 1.165) is 0 Å². The fourth-order valence-corrected chi connectivity index (χ4v) is 1.14. The number of rotatable bonds is 4. The van der Waals surface area contributed by atoms with Crippen molar-refractivity contribution in [3.8, 4) is 0 Å². The molecule has 3 nitrogen and oxygen atoms in total. The molecule has 18 heavy (non-hydrogen) atoms. The molecule has 1 amide bonds. The molecule has 0 spiro atoms. The zero-order valence-corrected chi connectivity index (χ0v) is 10.7. The molecule has 0 saturated carbocycles. The number of halogens is 4. The number of hydrogen-bond donors (Lipinski definition) is 2. The van der Waals surface area contributed by atoms with Crippen molar-refractivity contribution < 1.29 is 18.0 Å². The smallest absolute Gasteiger partial charge is 0.251 e. The van der Waals surface area contributed by atoms with Crippen LogP contribution in [0.5, 0.6) is 0 Å². The van der Waals surface area contributed by atoms with Crippen LogP contribution in [-0.2, 0) is 0 Å². The molecule has 0 aliphatic heterocycles. The van der Waals surface area contributed by atoms with Crippen LogP contribution < -0.4 is 10.6 Å². The van der Waals surface area contributed by atoms with Crippen LogP contribution in [0, 0.1) is 17.5 Å². The first-order chi connectivity index (χ1) is 7.95. The molecular formula is C11H14ClF3N2O. The van der Waals surface area contributed by atoms with Gasteiger partial charge in [-0.3, -0.25) is 4.79 Å². The highest BCUT2D eigenvalue weighted by Crippen LogP contribution is 2.13. The predicted octanol–water partition coefficient (Wildman–Crippen LogP) is 1.86. The summed E-state index contributed by atoms with van der Waals surface area (Å²) in [6, 6.07) is 1.35. The van der Waals surface area contributed by atoms with E-state index < -0.39 is 23.4 Å². The molecule has 1 aromatic carbocycles. The van der Waals surface area contributed by atoms with E-state index in [0.29, 0.717) is 18.7 Å². The number of benzene rings is 1. The van der Waals surface area contributed by atoms with Crippen molar-refractivity contribution in [1.29, 1.82) is 0 Å². The van der Waals surface area contributed by atoms with Crippen molar-refractivity contribution in [2.24, 2.45) is 0 Å². The minimum atomic E-state index is -1.58. The quantitative estimate of drug-likeness (QED) is 0.828.